The first kappa shape index (κ1) is 24.6. The van der Waals surface area contributed by atoms with Crippen molar-refractivity contribution >= 4 is 27.1 Å². The van der Waals surface area contributed by atoms with Crippen LogP contribution >= 0.6 is 0 Å². The number of nitrogens with zero attached hydrogens (tertiary/aromatic N) is 3. The molecule has 0 radical (unpaired) electrons. The summed E-state index contributed by atoms with van der Waals surface area (Å²) in [6.07, 6.45) is 1.61. The molecule has 0 aliphatic heterocycles. The van der Waals surface area contributed by atoms with Crippen molar-refractivity contribution in [2.24, 2.45) is 0 Å². The van der Waals surface area contributed by atoms with Gasteiger partial charge in [0.15, 0.2) is 0 Å². The normalized spacial score (nSPS) is 11.5. The first-order chi connectivity index (χ1) is 14.6. The summed E-state index contributed by atoms with van der Waals surface area (Å²) >= 11 is 0. The standard InChI is InChI=1S/C21H31N5O4S/c1-24(2)15-14-23-31(29,30)19-11-12-20(21(16-19)26(27)28)22-13-5-6-17-7-9-18(10-8-17)25(3)4/h7-12,16,22-23H,5-6,13-15H2,1-4H3. The van der Waals surface area contributed by atoms with Crippen molar-refractivity contribution < 1.29 is 13.3 Å². The van der Waals surface area contributed by atoms with Gasteiger partial charge in [-0.05, 0) is 56.8 Å². The fraction of sp³-hybridized carbons (Fsp3) is 0.429. The highest BCUT2D eigenvalue weighted by Gasteiger charge is 2.21. The minimum absolute atomic E-state index is 0.121. The molecule has 0 unspecified atom stereocenters. The van der Waals surface area contributed by atoms with Crippen molar-refractivity contribution in [1.82, 2.24) is 9.62 Å². The first-order valence-corrected chi connectivity index (χ1v) is 11.5. The molecule has 0 saturated heterocycles. The highest BCUT2D eigenvalue weighted by molar-refractivity contribution is 7.89. The summed E-state index contributed by atoms with van der Waals surface area (Å²) in [5.41, 5.74) is 2.36. The Kier molecular flexibility index (Phi) is 8.78. The quantitative estimate of drug-likeness (QED) is 0.291. The predicted octanol–water partition coefficient (Wildman–Crippen LogP) is 2.55. The van der Waals surface area contributed by atoms with Gasteiger partial charge in [-0.2, -0.15) is 0 Å². The molecule has 2 N–H and O–H groups in total. The van der Waals surface area contributed by atoms with Crippen LogP contribution in [0.25, 0.3) is 0 Å². The van der Waals surface area contributed by atoms with E-state index in [2.05, 4.69) is 34.3 Å². The molecule has 10 heteroatoms. The van der Waals surface area contributed by atoms with Crippen molar-refractivity contribution in [3.05, 3.63) is 58.1 Å². The van der Waals surface area contributed by atoms with Gasteiger partial charge in [-0.1, -0.05) is 12.1 Å². The molecule has 2 aromatic carbocycles. The molecule has 0 amide bonds. The van der Waals surface area contributed by atoms with Crippen molar-refractivity contribution in [2.45, 2.75) is 17.7 Å². The number of nitrogens with one attached hydrogen (secondary N) is 2. The minimum Gasteiger partial charge on any atom is -0.379 e. The summed E-state index contributed by atoms with van der Waals surface area (Å²) in [6, 6.07) is 12.2. The fourth-order valence-corrected chi connectivity index (χ4v) is 3.98. The average Bonchev–Trinajstić information content (AvgIpc) is 2.71. The Balaban J connectivity index is 1.99. The summed E-state index contributed by atoms with van der Waals surface area (Å²) in [4.78, 5) is 14.7. The zero-order valence-corrected chi connectivity index (χ0v) is 19.3. The lowest BCUT2D eigenvalue weighted by Gasteiger charge is -2.13. The van der Waals surface area contributed by atoms with Crippen LogP contribution in [0.15, 0.2) is 47.4 Å². The molecular formula is C21H31N5O4S. The number of nitro groups is 1. The Morgan fingerprint density at radius 1 is 1.00 bits per heavy atom. The van der Waals surface area contributed by atoms with Gasteiger partial charge in [0.1, 0.15) is 5.69 Å². The van der Waals surface area contributed by atoms with Crippen molar-refractivity contribution in [2.75, 3.05) is 58.0 Å². The van der Waals surface area contributed by atoms with E-state index >= 15 is 0 Å². The van der Waals surface area contributed by atoms with Crippen LogP contribution < -0.4 is 14.9 Å². The number of rotatable bonds is 12. The lowest BCUT2D eigenvalue weighted by atomic mass is 10.1. The third-order valence-corrected chi connectivity index (χ3v) is 6.20. The molecular weight excluding hydrogens is 418 g/mol. The molecule has 0 heterocycles. The molecule has 2 aromatic rings. The van der Waals surface area contributed by atoms with E-state index in [1.807, 2.05) is 38.0 Å². The van der Waals surface area contributed by atoms with Crippen LogP contribution in [-0.2, 0) is 16.4 Å². The topological polar surface area (TPSA) is 108 Å². The summed E-state index contributed by atoms with van der Waals surface area (Å²) < 4.78 is 27.3. The summed E-state index contributed by atoms with van der Waals surface area (Å²) in [7, 11) is 3.83. The Morgan fingerprint density at radius 2 is 1.68 bits per heavy atom. The molecule has 0 aliphatic rings. The summed E-state index contributed by atoms with van der Waals surface area (Å²) in [5, 5.41) is 14.5. The van der Waals surface area contributed by atoms with Gasteiger partial charge in [0.2, 0.25) is 10.0 Å². The number of sulfonamides is 1. The maximum Gasteiger partial charge on any atom is 0.293 e. The zero-order valence-electron chi connectivity index (χ0n) is 18.5. The Hall–Kier alpha value is -2.69. The SMILES string of the molecule is CN(C)CCNS(=O)(=O)c1ccc(NCCCc2ccc(N(C)C)cc2)c([N+](=O)[O-])c1. The number of aryl methyl sites for hydroxylation is 1. The lowest BCUT2D eigenvalue weighted by molar-refractivity contribution is -0.384. The number of hydrogen-bond acceptors (Lipinski definition) is 7. The van der Waals surface area contributed by atoms with Crippen LogP contribution in [-0.4, -0.2) is 66.1 Å². The molecule has 0 aromatic heterocycles. The second-order valence-electron chi connectivity index (χ2n) is 7.73. The van der Waals surface area contributed by atoms with Gasteiger partial charge >= 0.3 is 0 Å². The molecule has 31 heavy (non-hydrogen) atoms. The van der Waals surface area contributed by atoms with Crippen molar-refractivity contribution in [1.29, 1.82) is 0 Å². The third kappa shape index (κ3) is 7.50. The van der Waals surface area contributed by atoms with Crippen LogP contribution in [0.4, 0.5) is 17.1 Å². The summed E-state index contributed by atoms with van der Waals surface area (Å²) in [6.45, 7) is 1.28. The molecule has 0 bridgehead atoms. The lowest BCUT2D eigenvalue weighted by Crippen LogP contribution is -2.31. The summed E-state index contributed by atoms with van der Waals surface area (Å²) in [5.74, 6) is 0. The Morgan fingerprint density at radius 3 is 2.26 bits per heavy atom. The molecule has 170 valence electrons. The van der Waals surface area contributed by atoms with Gasteiger partial charge in [0.05, 0.1) is 9.82 Å². The average molecular weight is 450 g/mol. The van der Waals surface area contributed by atoms with Crippen LogP contribution in [0.5, 0.6) is 0 Å². The second kappa shape index (κ2) is 11.1. The molecule has 0 spiro atoms. The van der Waals surface area contributed by atoms with E-state index in [1.165, 1.54) is 17.7 Å². The number of likely N-dealkylation sites (N-methyl/N-ethyl adjacent to an activating group) is 1. The van der Waals surface area contributed by atoms with Gasteiger partial charge in [0.25, 0.3) is 5.69 Å². The van der Waals surface area contributed by atoms with Crippen LogP contribution in [0.1, 0.15) is 12.0 Å². The largest absolute Gasteiger partial charge is 0.379 e. The van der Waals surface area contributed by atoms with E-state index in [-0.39, 0.29) is 17.1 Å². The molecule has 9 nitrogen and oxygen atoms in total. The number of hydrogen-bond donors (Lipinski definition) is 2. The predicted molar refractivity (Wildman–Crippen MR) is 124 cm³/mol. The van der Waals surface area contributed by atoms with Crippen molar-refractivity contribution in [3.63, 3.8) is 0 Å². The minimum atomic E-state index is -3.81. The zero-order chi connectivity index (χ0) is 23.0. The van der Waals surface area contributed by atoms with Crippen LogP contribution in [0.3, 0.4) is 0 Å². The molecule has 0 saturated carbocycles. The van der Waals surface area contributed by atoms with Crippen molar-refractivity contribution in [3.8, 4) is 0 Å². The number of benzene rings is 2. The maximum absolute atomic E-state index is 12.4. The molecule has 2 rings (SSSR count). The number of nitro benzene ring substituents is 1. The van der Waals surface area contributed by atoms with Gasteiger partial charge in [-0.3, -0.25) is 10.1 Å². The Bertz CT molecular complexity index is 976. The van der Waals surface area contributed by atoms with Gasteiger partial charge < -0.3 is 15.1 Å². The fourth-order valence-electron chi connectivity index (χ4n) is 2.94. The Labute approximate surface area is 184 Å². The highest BCUT2D eigenvalue weighted by atomic mass is 32.2. The monoisotopic (exact) mass is 449 g/mol. The van der Waals surface area contributed by atoms with E-state index in [1.54, 1.807) is 0 Å². The first-order valence-electron chi connectivity index (χ1n) is 10.0. The second-order valence-corrected chi connectivity index (χ2v) is 9.50. The number of anilines is 2. The highest BCUT2D eigenvalue weighted by Crippen LogP contribution is 2.27. The molecule has 0 fully saturated rings. The van der Waals surface area contributed by atoms with Gasteiger partial charge in [-0.25, -0.2) is 13.1 Å². The van der Waals surface area contributed by atoms with Crippen LogP contribution in [0.2, 0.25) is 0 Å². The molecule has 0 atom stereocenters. The van der Waals surface area contributed by atoms with Gasteiger partial charge in [-0.15, -0.1) is 0 Å². The van der Waals surface area contributed by atoms with Crippen LogP contribution in [0, 0.1) is 10.1 Å². The maximum atomic E-state index is 12.4. The van der Waals surface area contributed by atoms with E-state index in [0.29, 0.717) is 18.8 Å². The van der Waals surface area contributed by atoms with E-state index in [9.17, 15) is 18.5 Å². The molecule has 0 aliphatic carbocycles. The van der Waals surface area contributed by atoms with E-state index in [0.717, 1.165) is 24.6 Å². The smallest absolute Gasteiger partial charge is 0.293 e. The third-order valence-electron chi connectivity index (χ3n) is 4.74. The van der Waals surface area contributed by atoms with E-state index in [4.69, 9.17) is 0 Å². The van der Waals surface area contributed by atoms with Gasteiger partial charge in [0, 0.05) is 45.5 Å². The van der Waals surface area contributed by atoms with E-state index < -0.39 is 14.9 Å².